The molecule has 0 aliphatic carbocycles. The van der Waals surface area contributed by atoms with Gasteiger partial charge in [-0.25, -0.2) is 18.2 Å². The fraction of sp³-hybridized carbons (Fsp3) is 0.300. The summed E-state index contributed by atoms with van der Waals surface area (Å²) in [6.45, 7) is 3.63. The molecular weight excluding hydrogens is 367 g/mol. The first-order chi connectivity index (χ1) is 13.6. The Morgan fingerprint density at radius 3 is 2.75 bits per heavy atom. The van der Waals surface area contributed by atoms with E-state index in [2.05, 4.69) is 25.5 Å². The van der Waals surface area contributed by atoms with Crippen molar-refractivity contribution in [3.8, 4) is 0 Å². The molecule has 0 radical (unpaired) electrons. The molecule has 2 N–H and O–H groups in total. The zero-order valence-electron chi connectivity index (χ0n) is 15.1. The number of benzene rings is 1. The summed E-state index contributed by atoms with van der Waals surface area (Å²) in [6.07, 6.45) is 0.521. The predicted molar refractivity (Wildman–Crippen MR) is 103 cm³/mol. The van der Waals surface area contributed by atoms with E-state index < -0.39 is 17.8 Å². The van der Waals surface area contributed by atoms with Crippen molar-refractivity contribution >= 4 is 22.4 Å². The van der Waals surface area contributed by atoms with Crippen molar-refractivity contribution in [3.05, 3.63) is 59.7 Å². The number of alkyl halides is 2. The zero-order valence-corrected chi connectivity index (χ0v) is 15.1. The smallest absolute Gasteiger partial charge is 0.266 e. The van der Waals surface area contributed by atoms with Crippen LogP contribution in [0.5, 0.6) is 0 Å². The summed E-state index contributed by atoms with van der Waals surface area (Å²) in [5.74, 6) is -0.0116. The minimum absolute atomic E-state index is 0.0940. The summed E-state index contributed by atoms with van der Waals surface area (Å²) in [4.78, 5) is 11.0. The monoisotopic (exact) mass is 387 g/mol. The topological polar surface area (TPSA) is 53.1 Å². The van der Waals surface area contributed by atoms with Crippen LogP contribution in [-0.4, -0.2) is 36.1 Å². The second-order valence-corrected chi connectivity index (χ2v) is 6.63. The van der Waals surface area contributed by atoms with Crippen molar-refractivity contribution < 1.29 is 13.2 Å². The van der Waals surface area contributed by atoms with Gasteiger partial charge in [-0.05, 0) is 12.1 Å². The zero-order chi connectivity index (χ0) is 19.5. The highest BCUT2D eigenvalue weighted by Gasteiger charge is 2.17. The summed E-state index contributed by atoms with van der Waals surface area (Å²) >= 11 is 0. The van der Waals surface area contributed by atoms with E-state index in [0.717, 1.165) is 49.1 Å². The molecular formula is C20H20F3N5. The maximum atomic E-state index is 14.3. The average Bonchev–Trinajstić information content (AvgIpc) is 2.73. The van der Waals surface area contributed by atoms with Gasteiger partial charge in [0.05, 0.1) is 17.3 Å². The lowest BCUT2D eigenvalue weighted by Crippen LogP contribution is -2.43. The van der Waals surface area contributed by atoms with E-state index in [1.54, 1.807) is 18.5 Å². The SMILES string of the molecule is Fc1c(CNc2ccnc3cnc(N4CCNCC4)cc23)cccc1C(F)F. The third-order valence-electron chi connectivity index (χ3n) is 4.87. The van der Waals surface area contributed by atoms with Crippen LogP contribution in [0.4, 0.5) is 24.7 Å². The molecule has 146 valence electrons. The average molecular weight is 387 g/mol. The maximum absolute atomic E-state index is 14.3. The summed E-state index contributed by atoms with van der Waals surface area (Å²) in [5, 5.41) is 7.32. The van der Waals surface area contributed by atoms with Crippen LogP contribution in [-0.2, 0) is 6.54 Å². The van der Waals surface area contributed by atoms with Gasteiger partial charge in [0.25, 0.3) is 6.43 Å². The number of nitrogens with zero attached hydrogens (tertiary/aromatic N) is 3. The molecule has 0 bridgehead atoms. The number of piperazine rings is 1. The Balaban J connectivity index is 1.61. The highest BCUT2D eigenvalue weighted by molar-refractivity contribution is 5.92. The van der Waals surface area contributed by atoms with Crippen LogP contribution >= 0.6 is 0 Å². The molecule has 8 heteroatoms. The summed E-state index contributed by atoms with van der Waals surface area (Å²) in [5.41, 5.74) is 1.08. The van der Waals surface area contributed by atoms with E-state index in [4.69, 9.17) is 0 Å². The molecule has 0 unspecified atom stereocenters. The fourth-order valence-corrected chi connectivity index (χ4v) is 3.35. The lowest BCUT2D eigenvalue weighted by atomic mass is 10.1. The molecule has 0 spiro atoms. The van der Waals surface area contributed by atoms with E-state index in [9.17, 15) is 13.2 Å². The quantitative estimate of drug-likeness (QED) is 0.699. The number of hydrogen-bond acceptors (Lipinski definition) is 5. The first-order valence-corrected chi connectivity index (χ1v) is 9.13. The number of anilines is 2. The van der Waals surface area contributed by atoms with Gasteiger partial charge in [-0.3, -0.25) is 4.98 Å². The second kappa shape index (κ2) is 8.02. The van der Waals surface area contributed by atoms with Crippen molar-refractivity contribution in [2.75, 3.05) is 36.4 Å². The molecule has 1 aromatic carbocycles. The van der Waals surface area contributed by atoms with Crippen molar-refractivity contribution in [1.29, 1.82) is 0 Å². The van der Waals surface area contributed by atoms with Crippen LogP contribution in [0.15, 0.2) is 42.7 Å². The highest BCUT2D eigenvalue weighted by Crippen LogP contribution is 2.27. The number of rotatable bonds is 5. The second-order valence-electron chi connectivity index (χ2n) is 6.63. The van der Waals surface area contributed by atoms with Crippen molar-refractivity contribution in [2.24, 2.45) is 0 Å². The molecule has 1 saturated heterocycles. The van der Waals surface area contributed by atoms with Crippen LogP contribution in [0.3, 0.4) is 0 Å². The Bertz CT molecular complexity index is 973. The Morgan fingerprint density at radius 2 is 1.96 bits per heavy atom. The van der Waals surface area contributed by atoms with Crippen LogP contribution in [0.1, 0.15) is 17.6 Å². The third kappa shape index (κ3) is 3.73. The van der Waals surface area contributed by atoms with Crippen LogP contribution in [0, 0.1) is 5.82 Å². The van der Waals surface area contributed by atoms with Gasteiger partial charge < -0.3 is 15.5 Å². The standard InChI is InChI=1S/C20H20F3N5/c21-19-13(2-1-3-14(19)20(22)23)11-26-16-4-5-25-17-12-27-18(10-15(16)17)28-8-6-24-7-9-28/h1-5,10,12,20,24H,6-9,11H2,(H,25,26). The number of aromatic nitrogens is 2. The van der Waals surface area contributed by atoms with Crippen LogP contribution in [0.25, 0.3) is 10.9 Å². The van der Waals surface area contributed by atoms with E-state index in [-0.39, 0.29) is 12.1 Å². The lowest BCUT2D eigenvalue weighted by molar-refractivity contribution is 0.146. The van der Waals surface area contributed by atoms with E-state index in [1.807, 2.05) is 6.07 Å². The highest BCUT2D eigenvalue weighted by atomic mass is 19.3. The molecule has 1 aliphatic rings. The molecule has 2 aromatic heterocycles. The summed E-state index contributed by atoms with van der Waals surface area (Å²) in [7, 11) is 0. The molecule has 3 heterocycles. The predicted octanol–water partition coefficient (Wildman–Crippen LogP) is 3.73. The van der Waals surface area contributed by atoms with Gasteiger partial charge in [-0.2, -0.15) is 0 Å². The number of pyridine rings is 2. The van der Waals surface area contributed by atoms with E-state index in [0.29, 0.717) is 5.52 Å². The third-order valence-corrected chi connectivity index (χ3v) is 4.87. The fourth-order valence-electron chi connectivity index (χ4n) is 3.35. The number of nitrogens with one attached hydrogen (secondary N) is 2. The van der Waals surface area contributed by atoms with Gasteiger partial charge in [0, 0.05) is 55.6 Å². The largest absolute Gasteiger partial charge is 0.380 e. The maximum Gasteiger partial charge on any atom is 0.266 e. The molecule has 1 aliphatic heterocycles. The number of hydrogen-bond donors (Lipinski definition) is 2. The van der Waals surface area contributed by atoms with Gasteiger partial charge >= 0.3 is 0 Å². The first kappa shape index (κ1) is 18.5. The van der Waals surface area contributed by atoms with Crippen molar-refractivity contribution in [2.45, 2.75) is 13.0 Å². The Labute approximate surface area is 160 Å². The normalized spacial score (nSPS) is 14.6. The summed E-state index contributed by atoms with van der Waals surface area (Å²) in [6, 6.07) is 7.81. The molecule has 4 rings (SSSR count). The van der Waals surface area contributed by atoms with Crippen molar-refractivity contribution in [3.63, 3.8) is 0 Å². The molecule has 5 nitrogen and oxygen atoms in total. The Kier molecular flexibility index (Phi) is 5.29. The van der Waals surface area contributed by atoms with Crippen LogP contribution in [0.2, 0.25) is 0 Å². The van der Waals surface area contributed by atoms with Gasteiger partial charge in [0.15, 0.2) is 0 Å². The number of fused-ring (bicyclic) bond motifs is 1. The van der Waals surface area contributed by atoms with E-state index >= 15 is 0 Å². The Morgan fingerprint density at radius 1 is 1.14 bits per heavy atom. The lowest BCUT2D eigenvalue weighted by Gasteiger charge is -2.28. The Hall–Kier alpha value is -2.87. The molecule has 3 aromatic rings. The minimum Gasteiger partial charge on any atom is -0.380 e. The minimum atomic E-state index is -2.84. The van der Waals surface area contributed by atoms with Gasteiger partial charge in [0.2, 0.25) is 0 Å². The van der Waals surface area contributed by atoms with Crippen LogP contribution < -0.4 is 15.5 Å². The first-order valence-electron chi connectivity index (χ1n) is 9.13. The number of halogens is 3. The van der Waals surface area contributed by atoms with E-state index in [1.165, 1.54) is 12.1 Å². The summed E-state index contributed by atoms with van der Waals surface area (Å²) < 4.78 is 40.1. The molecule has 0 amide bonds. The van der Waals surface area contributed by atoms with Gasteiger partial charge in [-0.1, -0.05) is 18.2 Å². The van der Waals surface area contributed by atoms with Crippen molar-refractivity contribution in [1.82, 2.24) is 15.3 Å². The van der Waals surface area contributed by atoms with Gasteiger partial charge in [-0.15, -0.1) is 0 Å². The van der Waals surface area contributed by atoms with Gasteiger partial charge in [0.1, 0.15) is 11.6 Å². The molecule has 0 saturated carbocycles. The molecule has 0 atom stereocenters. The molecule has 28 heavy (non-hydrogen) atoms. The molecule has 1 fully saturated rings.